The van der Waals surface area contributed by atoms with Crippen molar-refractivity contribution in [3.63, 3.8) is 0 Å². The van der Waals surface area contributed by atoms with Gasteiger partial charge in [-0.15, -0.1) is 0 Å². The predicted molar refractivity (Wildman–Crippen MR) is 91.3 cm³/mol. The second kappa shape index (κ2) is 7.07. The zero-order valence-corrected chi connectivity index (χ0v) is 12.7. The van der Waals surface area contributed by atoms with E-state index < -0.39 is 0 Å². The van der Waals surface area contributed by atoms with Gasteiger partial charge in [0, 0.05) is 12.2 Å². The largest absolute Gasteiger partial charge is 0.422 e. The fourth-order valence-electron chi connectivity index (χ4n) is 2.62. The van der Waals surface area contributed by atoms with Crippen LogP contribution in [-0.4, -0.2) is 11.7 Å². The van der Waals surface area contributed by atoms with Crippen LogP contribution in [0.2, 0.25) is 0 Å². The quantitative estimate of drug-likeness (QED) is 0.778. The van der Waals surface area contributed by atoms with E-state index in [0.717, 1.165) is 16.7 Å². The Balaban J connectivity index is 2.14. The topological polar surface area (TPSA) is 50.4 Å². The van der Waals surface area contributed by atoms with Gasteiger partial charge in [0.2, 0.25) is 0 Å². The van der Waals surface area contributed by atoms with Gasteiger partial charge in [0.05, 0.1) is 5.56 Å². The van der Waals surface area contributed by atoms with E-state index in [4.69, 9.17) is 9.52 Å². The first-order chi connectivity index (χ1) is 11.3. The van der Waals surface area contributed by atoms with Gasteiger partial charge >= 0.3 is 5.63 Å². The van der Waals surface area contributed by atoms with Gasteiger partial charge in [-0.1, -0.05) is 60.7 Å². The van der Waals surface area contributed by atoms with Crippen LogP contribution in [0, 0.1) is 0 Å². The van der Waals surface area contributed by atoms with Crippen molar-refractivity contribution in [1.82, 2.24) is 0 Å². The van der Waals surface area contributed by atoms with Crippen molar-refractivity contribution in [1.29, 1.82) is 0 Å². The predicted octanol–water partition coefficient (Wildman–Crippen LogP) is 3.90. The normalized spacial score (nSPS) is 10.7. The summed E-state index contributed by atoms with van der Waals surface area (Å²) in [5, 5.41) is 9.14. The Labute approximate surface area is 134 Å². The van der Waals surface area contributed by atoms with Crippen molar-refractivity contribution in [2.45, 2.75) is 12.8 Å². The number of hydrogen-bond acceptors (Lipinski definition) is 3. The molecule has 3 aromatic rings. The fourth-order valence-corrected chi connectivity index (χ4v) is 2.62. The van der Waals surface area contributed by atoms with Gasteiger partial charge in [-0.3, -0.25) is 0 Å². The minimum absolute atomic E-state index is 0.105. The number of aryl methyl sites for hydroxylation is 1. The molecule has 0 radical (unpaired) electrons. The van der Waals surface area contributed by atoms with Crippen LogP contribution in [0.25, 0.3) is 22.5 Å². The van der Waals surface area contributed by atoms with E-state index in [1.807, 2.05) is 66.7 Å². The molecule has 1 N–H and O–H groups in total. The van der Waals surface area contributed by atoms with Gasteiger partial charge < -0.3 is 9.52 Å². The highest BCUT2D eigenvalue weighted by molar-refractivity contribution is 5.68. The van der Waals surface area contributed by atoms with Gasteiger partial charge in [0.25, 0.3) is 0 Å². The summed E-state index contributed by atoms with van der Waals surface area (Å²) in [6.07, 6.45) is 1.28. The van der Waals surface area contributed by atoms with Crippen LogP contribution in [0.3, 0.4) is 0 Å². The monoisotopic (exact) mass is 306 g/mol. The fraction of sp³-hybridized carbons (Fsp3) is 0.150. The average molecular weight is 306 g/mol. The standard InChI is InChI=1S/C20H18O3/c21-13-7-12-17-14-18(15-8-3-1-4-9-15)20(22)23-19(17)16-10-5-2-6-11-16/h1-6,8-11,14,21H,7,12-13H2. The number of aliphatic hydroxyl groups excluding tert-OH is 1. The molecule has 2 aromatic carbocycles. The minimum Gasteiger partial charge on any atom is -0.422 e. The van der Waals surface area contributed by atoms with E-state index in [1.165, 1.54) is 0 Å². The summed E-state index contributed by atoms with van der Waals surface area (Å²) < 4.78 is 5.64. The molecule has 0 aliphatic rings. The van der Waals surface area contributed by atoms with Crippen molar-refractivity contribution in [2.75, 3.05) is 6.61 Å². The highest BCUT2D eigenvalue weighted by Gasteiger charge is 2.14. The van der Waals surface area contributed by atoms with Crippen LogP contribution >= 0.6 is 0 Å². The molecule has 3 nitrogen and oxygen atoms in total. The summed E-state index contributed by atoms with van der Waals surface area (Å²) >= 11 is 0. The van der Waals surface area contributed by atoms with E-state index >= 15 is 0 Å². The lowest BCUT2D eigenvalue weighted by Gasteiger charge is -2.10. The zero-order valence-electron chi connectivity index (χ0n) is 12.7. The molecule has 3 rings (SSSR count). The van der Waals surface area contributed by atoms with E-state index in [1.54, 1.807) is 0 Å². The Morgan fingerprint density at radius 3 is 2.09 bits per heavy atom. The first-order valence-electron chi connectivity index (χ1n) is 7.68. The van der Waals surface area contributed by atoms with Crippen molar-refractivity contribution in [3.8, 4) is 22.5 Å². The molecule has 0 fully saturated rings. The van der Waals surface area contributed by atoms with Crippen molar-refractivity contribution < 1.29 is 9.52 Å². The molecule has 0 atom stereocenters. The Bertz CT molecular complexity index is 821. The molecule has 0 bridgehead atoms. The maximum atomic E-state index is 12.4. The molecule has 0 aliphatic heterocycles. The molecule has 1 aromatic heterocycles. The molecular formula is C20H18O3. The molecule has 0 amide bonds. The highest BCUT2D eigenvalue weighted by Crippen LogP contribution is 2.27. The lowest BCUT2D eigenvalue weighted by Crippen LogP contribution is -2.07. The molecular weight excluding hydrogens is 288 g/mol. The Hall–Kier alpha value is -2.65. The molecule has 1 heterocycles. The third-order valence-corrected chi connectivity index (χ3v) is 3.75. The molecule has 0 unspecified atom stereocenters. The van der Waals surface area contributed by atoms with Gasteiger partial charge in [-0.2, -0.15) is 0 Å². The summed E-state index contributed by atoms with van der Waals surface area (Å²) in [6.45, 7) is 0.105. The lowest BCUT2D eigenvalue weighted by atomic mass is 9.99. The second-order valence-electron chi connectivity index (χ2n) is 5.36. The Kier molecular flexibility index (Phi) is 4.69. The lowest BCUT2D eigenvalue weighted by molar-refractivity contribution is 0.288. The van der Waals surface area contributed by atoms with Crippen LogP contribution in [-0.2, 0) is 6.42 Å². The van der Waals surface area contributed by atoms with Gasteiger partial charge in [0.15, 0.2) is 0 Å². The van der Waals surface area contributed by atoms with Gasteiger partial charge in [0.1, 0.15) is 5.76 Å². The number of rotatable bonds is 5. The average Bonchev–Trinajstić information content (AvgIpc) is 2.62. The summed E-state index contributed by atoms with van der Waals surface area (Å²) in [6, 6.07) is 21.0. The molecule has 116 valence electrons. The summed E-state index contributed by atoms with van der Waals surface area (Å²) in [5.41, 5.74) is 2.85. The van der Waals surface area contributed by atoms with Crippen LogP contribution < -0.4 is 5.63 Å². The number of aliphatic hydroxyl groups is 1. The minimum atomic E-state index is -0.345. The maximum absolute atomic E-state index is 12.4. The molecule has 3 heteroatoms. The number of benzene rings is 2. The molecule has 0 saturated carbocycles. The smallest absolute Gasteiger partial charge is 0.344 e. The Morgan fingerprint density at radius 1 is 0.870 bits per heavy atom. The summed E-state index contributed by atoms with van der Waals surface area (Å²) in [5.74, 6) is 0.587. The van der Waals surface area contributed by atoms with E-state index in [0.29, 0.717) is 24.2 Å². The number of hydrogen-bond donors (Lipinski definition) is 1. The summed E-state index contributed by atoms with van der Waals surface area (Å²) in [4.78, 5) is 12.4. The maximum Gasteiger partial charge on any atom is 0.344 e. The molecule has 23 heavy (non-hydrogen) atoms. The third-order valence-electron chi connectivity index (χ3n) is 3.75. The molecule has 0 saturated heterocycles. The molecule has 0 aliphatic carbocycles. The van der Waals surface area contributed by atoms with Gasteiger partial charge in [-0.05, 0) is 30.0 Å². The molecule has 0 spiro atoms. The van der Waals surface area contributed by atoms with Crippen LogP contribution in [0.5, 0.6) is 0 Å². The summed E-state index contributed by atoms with van der Waals surface area (Å²) in [7, 11) is 0. The van der Waals surface area contributed by atoms with E-state index in [2.05, 4.69) is 0 Å². The van der Waals surface area contributed by atoms with Crippen LogP contribution in [0.4, 0.5) is 0 Å². The van der Waals surface area contributed by atoms with Crippen LogP contribution in [0.15, 0.2) is 75.9 Å². The first kappa shape index (κ1) is 15.3. The SMILES string of the molecule is O=c1oc(-c2ccccc2)c(CCCO)cc1-c1ccccc1. The van der Waals surface area contributed by atoms with E-state index in [9.17, 15) is 4.79 Å². The van der Waals surface area contributed by atoms with Crippen molar-refractivity contribution in [3.05, 3.63) is 82.7 Å². The van der Waals surface area contributed by atoms with Crippen molar-refractivity contribution >= 4 is 0 Å². The third kappa shape index (κ3) is 3.41. The Morgan fingerprint density at radius 2 is 1.48 bits per heavy atom. The van der Waals surface area contributed by atoms with Crippen LogP contribution in [0.1, 0.15) is 12.0 Å². The highest BCUT2D eigenvalue weighted by atomic mass is 16.4. The zero-order chi connectivity index (χ0) is 16.1. The van der Waals surface area contributed by atoms with Gasteiger partial charge in [-0.25, -0.2) is 4.79 Å². The first-order valence-corrected chi connectivity index (χ1v) is 7.68. The van der Waals surface area contributed by atoms with Crippen molar-refractivity contribution in [2.24, 2.45) is 0 Å². The second-order valence-corrected chi connectivity index (χ2v) is 5.36. The van der Waals surface area contributed by atoms with E-state index in [-0.39, 0.29) is 12.2 Å².